The zero-order valence-electron chi connectivity index (χ0n) is 16.0. The van der Waals surface area contributed by atoms with Gasteiger partial charge in [0.15, 0.2) is 6.61 Å². The number of amides is 1. The Kier molecular flexibility index (Phi) is 5.37. The summed E-state index contributed by atoms with van der Waals surface area (Å²) in [6.45, 7) is -0.245. The molecule has 0 atom stereocenters. The van der Waals surface area contributed by atoms with Crippen LogP contribution in [0.1, 0.15) is 5.56 Å². The zero-order chi connectivity index (χ0) is 22.2. The third-order valence-corrected chi connectivity index (χ3v) is 5.09. The Morgan fingerprint density at radius 2 is 1.71 bits per heavy atom. The van der Waals surface area contributed by atoms with E-state index in [2.05, 4.69) is 0 Å². The lowest BCUT2D eigenvalue weighted by Crippen LogP contribution is -2.19. The summed E-state index contributed by atoms with van der Waals surface area (Å²) < 4.78 is 47.4. The van der Waals surface area contributed by atoms with Gasteiger partial charge in [0, 0.05) is 11.1 Å². The van der Waals surface area contributed by atoms with Crippen LogP contribution in [0.3, 0.4) is 0 Å². The van der Waals surface area contributed by atoms with Crippen molar-refractivity contribution in [2.45, 2.75) is 6.18 Å². The predicted octanol–water partition coefficient (Wildman–Crippen LogP) is 5.83. The summed E-state index contributed by atoms with van der Waals surface area (Å²) in [4.78, 5) is 10.9. The quantitative estimate of drug-likeness (QED) is 0.421. The fourth-order valence-electron chi connectivity index (χ4n) is 3.39. The number of aromatic nitrogens is 1. The number of carbonyl (C=O) groups is 1. The van der Waals surface area contributed by atoms with Crippen molar-refractivity contribution in [1.82, 2.24) is 4.57 Å². The first-order valence-corrected chi connectivity index (χ1v) is 9.61. The molecule has 0 bridgehead atoms. The highest BCUT2D eigenvalue weighted by Crippen LogP contribution is 2.38. The second-order valence-electron chi connectivity index (χ2n) is 6.87. The number of rotatable bonds is 5. The van der Waals surface area contributed by atoms with E-state index in [1.165, 1.54) is 6.07 Å². The molecular formula is C23H16ClF3N2O2. The number of halogens is 4. The first kappa shape index (κ1) is 20.8. The van der Waals surface area contributed by atoms with E-state index in [9.17, 15) is 18.0 Å². The molecule has 4 rings (SSSR count). The zero-order valence-corrected chi connectivity index (χ0v) is 16.7. The van der Waals surface area contributed by atoms with Crippen LogP contribution in [-0.4, -0.2) is 17.1 Å². The summed E-state index contributed by atoms with van der Waals surface area (Å²) in [7, 11) is 0. The molecule has 2 N–H and O–H groups in total. The number of para-hydroxylation sites is 1. The lowest BCUT2D eigenvalue weighted by molar-refractivity contribution is -0.137. The van der Waals surface area contributed by atoms with E-state index in [1.54, 1.807) is 34.9 Å². The molecule has 4 aromatic rings. The van der Waals surface area contributed by atoms with Crippen molar-refractivity contribution in [2.24, 2.45) is 5.73 Å². The molecule has 158 valence electrons. The average Bonchev–Trinajstić information content (AvgIpc) is 3.12. The molecule has 1 heterocycles. The number of primary amides is 1. The van der Waals surface area contributed by atoms with Crippen molar-refractivity contribution in [3.63, 3.8) is 0 Å². The third kappa shape index (κ3) is 4.22. The standard InChI is InChI=1S/C23H16ClF3N2O2/c24-19-10-7-16(12-18(19)23(25,26)27)29-20-4-2-1-3-15(20)11-21(29)14-5-8-17(9-6-14)31-13-22(28)30/h1-12H,13H2,(H2,28,30). The summed E-state index contributed by atoms with van der Waals surface area (Å²) >= 11 is 5.81. The van der Waals surface area contributed by atoms with E-state index in [-0.39, 0.29) is 11.6 Å². The van der Waals surface area contributed by atoms with Crippen molar-refractivity contribution in [2.75, 3.05) is 6.61 Å². The van der Waals surface area contributed by atoms with Crippen molar-refractivity contribution in [1.29, 1.82) is 0 Å². The van der Waals surface area contributed by atoms with Gasteiger partial charge in [-0.3, -0.25) is 4.79 Å². The van der Waals surface area contributed by atoms with Crippen LogP contribution in [0.4, 0.5) is 13.2 Å². The molecule has 1 amide bonds. The van der Waals surface area contributed by atoms with Crippen LogP contribution in [0, 0.1) is 0 Å². The van der Waals surface area contributed by atoms with Crippen molar-refractivity contribution in [3.8, 4) is 22.7 Å². The lowest BCUT2D eigenvalue weighted by atomic mass is 10.1. The monoisotopic (exact) mass is 444 g/mol. The summed E-state index contributed by atoms with van der Waals surface area (Å²) in [6.07, 6.45) is -4.57. The van der Waals surface area contributed by atoms with Crippen LogP contribution in [0.15, 0.2) is 72.8 Å². The number of nitrogens with zero attached hydrogens (tertiary/aromatic N) is 1. The first-order valence-electron chi connectivity index (χ1n) is 9.23. The minimum atomic E-state index is -4.57. The van der Waals surface area contributed by atoms with Gasteiger partial charge in [-0.25, -0.2) is 0 Å². The van der Waals surface area contributed by atoms with Gasteiger partial charge < -0.3 is 15.0 Å². The SMILES string of the molecule is NC(=O)COc1ccc(-c2cc3ccccc3n2-c2ccc(Cl)c(C(F)(F)F)c2)cc1. The predicted molar refractivity (Wildman–Crippen MR) is 113 cm³/mol. The van der Waals surface area contributed by atoms with Crippen molar-refractivity contribution in [3.05, 3.63) is 83.4 Å². The van der Waals surface area contributed by atoms with Gasteiger partial charge in [-0.2, -0.15) is 13.2 Å². The number of hydrogen-bond donors (Lipinski definition) is 1. The molecule has 0 spiro atoms. The molecule has 0 fully saturated rings. The molecular weight excluding hydrogens is 429 g/mol. The van der Waals surface area contributed by atoms with Gasteiger partial charge in [0.25, 0.3) is 5.91 Å². The van der Waals surface area contributed by atoms with Gasteiger partial charge in [0.1, 0.15) is 5.75 Å². The third-order valence-electron chi connectivity index (χ3n) is 4.76. The number of nitrogens with two attached hydrogens (primary N) is 1. The maximum atomic E-state index is 13.4. The van der Waals surface area contributed by atoms with Crippen LogP contribution < -0.4 is 10.5 Å². The Labute approximate surface area is 180 Å². The molecule has 1 aromatic heterocycles. The van der Waals surface area contributed by atoms with Crippen molar-refractivity contribution < 1.29 is 22.7 Å². The van der Waals surface area contributed by atoms with Crippen LogP contribution >= 0.6 is 11.6 Å². The number of ether oxygens (including phenoxy) is 1. The maximum Gasteiger partial charge on any atom is 0.417 e. The number of fused-ring (bicyclic) bond motifs is 1. The molecule has 0 aliphatic rings. The van der Waals surface area contributed by atoms with E-state index in [4.69, 9.17) is 22.1 Å². The normalized spacial score (nSPS) is 11.6. The number of alkyl halides is 3. The first-order chi connectivity index (χ1) is 14.7. The molecule has 31 heavy (non-hydrogen) atoms. The Balaban J connectivity index is 1.85. The van der Waals surface area contributed by atoms with Gasteiger partial charge >= 0.3 is 6.18 Å². The highest BCUT2D eigenvalue weighted by atomic mass is 35.5. The minimum absolute atomic E-state index is 0.245. The van der Waals surface area contributed by atoms with Gasteiger partial charge in [-0.15, -0.1) is 0 Å². The largest absolute Gasteiger partial charge is 0.484 e. The van der Waals surface area contributed by atoms with E-state index in [0.29, 0.717) is 17.1 Å². The van der Waals surface area contributed by atoms with Gasteiger partial charge in [-0.05, 0) is 60.2 Å². The molecule has 0 unspecified atom stereocenters. The minimum Gasteiger partial charge on any atom is -0.484 e. The molecule has 4 nitrogen and oxygen atoms in total. The Hall–Kier alpha value is -3.45. The number of carbonyl (C=O) groups excluding carboxylic acids is 1. The van der Waals surface area contributed by atoms with Gasteiger partial charge in [0.05, 0.1) is 21.8 Å². The molecule has 0 saturated carbocycles. The second-order valence-corrected chi connectivity index (χ2v) is 7.27. The summed E-state index contributed by atoms with van der Waals surface area (Å²) in [5.74, 6) is -0.136. The van der Waals surface area contributed by atoms with E-state index >= 15 is 0 Å². The van der Waals surface area contributed by atoms with E-state index < -0.39 is 17.6 Å². The molecule has 0 saturated heterocycles. The van der Waals surface area contributed by atoms with Crippen LogP contribution in [0.2, 0.25) is 5.02 Å². The summed E-state index contributed by atoms with van der Waals surface area (Å²) in [6, 6.07) is 20.0. The van der Waals surface area contributed by atoms with Crippen molar-refractivity contribution >= 4 is 28.4 Å². The lowest BCUT2D eigenvalue weighted by Gasteiger charge is -2.15. The molecule has 0 radical (unpaired) electrons. The number of benzene rings is 3. The smallest absolute Gasteiger partial charge is 0.417 e. The van der Waals surface area contributed by atoms with Crippen LogP contribution in [-0.2, 0) is 11.0 Å². The molecule has 8 heteroatoms. The highest BCUT2D eigenvalue weighted by molar-refractivity contribution is 6.31. The Morgan fingerprint density at radius 1 is 1.00 bits per heavy atom. The second kappa shape index (κ2) is 8.00. The highest BCUT2D eigenvalue weighted by Gasteiger charge is 2.33. The maximum absolute atomic E-state index is 13.4. The fourth-order valence-corrected chi connectivity index (χ4v) is 3.62. The molecule has 0 aliphatic carbocycles. The number of hydrogen-bond acceptors (Lipinski definition) is 2. The average molecular weight is 445 g/mol. The van der Waals surface area contributed by atoms with Crippen LogP contribution in [0.25, 0.3) is 27.8 Å². The molecule has 3 aromatic carbocycles. The summed E-state index contributed by atoms with van der Waals surface area (Å²) in [5.41, 5.74) is 6.72. The van der Waals surface area contributed by atoms with Gasteiger partial charge in [0.2, 0.25) is 0 Å². The summed E-state index contributed by atoms with van der Waals surface area (Å²) in [5, 5.41) is 0.514. The topological polar surface area (TPSA) is 57.3 Å². The van der Waals surface area contributed by atoms with E-state index in [0.717, 1.165) is 22.5 Å². The van der Waals surface area contributed by atoms with Crippen LogP contribution in [0.5, 0.6) is 5.75 Å². The Bertz CT molecular complexity index is 1260. The molecule has 0 aliphatic heterocycles. The van der Waals surface area contributed by atoms with Gasteiger partial charge in [-0.1, -0.05) is 29.8 Å². The Morgan fingerprint density at radius 3 is 2.39 bits per heavy atom. The van der Waals surface area contributed by atoms with E-state index in [1.807, 2.05) is 30.3 Å². The fraction of sp³-hybridized carbons (Fsp3) is 0.0870.